The van der Waals surface area contributed by atoms with E-state index in [2.05, 4.69) is 13.5 Å². The normalized spacial score (nSPS) is 30.4. The van der Waals surface area contributed by atoms with Crippen molar-refractivity contribution in [1.82, 2.24) is 4.90 Å². The molecule has 2 aliphatic rings. The minimum atomic E-state index is -0.381. The Hall–Kier alpha value is -1.32. The Kier molecular flexibility index (Phi) is 4.04. The summed E-state index contributed by atoms with van der Waals surface area (Å²) in [5, 5.41) is 0. The van der Waals surface area contributed by atoms with Crippen LogP contribution < -0.4 is 0 Å². The monoisotopic (exact) mass is 251 g/mol. The Bertz CT molecular complexity index is 353. The Labute approximate surface area is 108 Å². The number of amides is 1. The van der Waals surface area contributed by atoms with Gasteiger partial charge in [-0.2, -0.15) is 0 Å². The summed E-state index contributed by atoms with van der Waals surface area (Å²) in [4.78, 5) is 25.4. The van der Waals surface area contributed by atoms with Crippen LogP contribution in [0, 0.1) is 5.92 Å². The van der Waals surface area contributed by atoms with Crippen molar-refractivity contribution in [2.75, 3.05) is 6.54 Å². The van der Waals surface area contributed by atoms with Gasteiger partial charge in [0, 0.05) is 18.5 Å². The van der Waals surface area contributed by atoms with Gasteiger partial charge in [0.15, 0.2) is 0 Å². The minimum Gasteiger partial charge on any atom is -0.457 e. The molecule has 0 aromatic carbocycles. The van der Waals surface area contributed by atoms with Crippen molar-refractivity contribution in [3.05, 3.63) is 12.7 Å². The molecule has 1 aliphatic carbocycles. The highest BCUT2D eigenvalue weighted by molar-refractivity contribution is 5.83. The maximum Gasteiger partial charge on any atom is 0.330 e. The van der Waals surface area contributed by atoms with Gasteiger partial charge in [0.2, 0.25) is 5.91 Å². The molecule has 2 bridgehead atoms. The minimum absolute atomic E-state index is 0.0895. The number of likely N-dealkylation sites (tertiary alicyclic amines) is 1. The number of carbonyl (C=O) groups excluding carboxylic acids is 2. The number of nitrogens with zero attached hydrogens (tertiary/aromatic N) is 1. The van der Waals surface area contributed by atoms with E-state index in [9.17, 15) is 9.59 Å². The van der Waals surface area contributed by atoms with Gasteiger partial charge in [0.25, 0.3) is 0 Å². The Morgan fingerprint density at radius 3 is 3.00 bits per heavy atom. The summed E-state index contributed by atoms with van der Waals surface area (Å²) in [7, 11) is 0. The lowest BCUT2D eigenvalue weighted by Gasteiger charge is -2.31. The van der Waals surface area contributed by atoms with E-state index < -0.39 is 0 Å². The highest BCUT2D eigenvalue weighted by Crippen LogP contribution is 2.38. The summed E-state index contributed by atoms with van der Waals surface area (Å²) in [6, 6.07) is 0.0895. The summed E-state index contributed by atoms with van der Waals surface area (Å²) in [6.07, 6.45) is 5.61. The highest BCUT2D eigenvalue weighted by atomic mass is 16.5. The number of unbranched alkanes of at least 4 members (excludes halogenated alkanes) is 1. The molecule has 1 saturated carbocycles. The second kappa shape index (κ2) is 5.55. The van der Waals surface area contributed by atoms with Crippen molar-refractivity contribution in [2.45, 2.75) is 51.2 Å². The van der Waals surface area contributed by atoms with Crippen molar-refractivity contribution < 1.29 is 14.3 Å². The van der Waals surface area contributed by atoms with E-state index in [0.717, 1.165) is 38.6 Å². The van der Waals surface area contributed by atoms with Crippen LogP contribution in [0.4, 0.5) is 0 Å². The third kappa shape index (κ3) is 2.42. The third-order valence-corrected chi connectivity index (χ3v) is 3.97. The number of rotatable bonds is 5. The van der Waals surface area contributed by atoms with Gasteiger partial charge in [-0.15, -0.1) is 0 Å². The lowest BCUT2D eigenvalue weighted by atomic mass is 9.88. The molecule has 1 saturated heterocycles. The Morgan fingerprint density at radius 1 is 1.56 bits per heavy atom. The van der Waals surface area contributed by atoms with Crippen LogP contribution in [0.2, 0.25) is 0 Å². The number of carbonyl (C=O) groups is 2. The SMILES string of the molecule is C=CC(=O)OC1CCC2CC1N(CCCC)C2=O. The van der Waals surface area contributed by atoms with Crippen LogP contribution in [0.3, 0.4) is 0 Å². The summed E-state index contributed by atoms with van der Waals surface area (Å²) >= 11 is 0. The number of ether oxygens (including phenoxy) is 1. The standard InChI is InChI=1S/C14H21NO3/c1-3-5-8-15-11-9-10(14(15)17)6-7-12(11)18-13(16)4-2/h4,10-12H,2-3,5-9H2,1H3. The summed E-state index contributed by atoms with van der Waals surface area (Å²) in [6.45, 7) is 6.32. The second-order valence-electron chi connectivity index (χ2n) is 5.14. The molecule has 0 aromatic heterocycles. The van der Waals surface area contributed by atoms with Crippen LogP contribution >= 0.6 is 0 Å². The zero-order valence-electron chi connectivity index (χ0n) is 10.9. The molecule has 4 heteroatoms. The molecule has 3 unspecified atom stereocenters. The van der Waals surface area contributed by atoms with Crippen LogP contribution in [0.25, 0.3) is 0 Å². The number of hydrogen-bond donors (Lipinski definition) is 0. The van der Waals surface area contributed by atoms with Gasteiger partial charge in [0.05, 0.1) is 6.04 Å². The Balaban J connectivity index is 2.04. The van der Waals surface area contributed by atoms with Crippen molar-refractivity contribution in [1.29, 1.82) is 0 Å². The lowest BCUT2D eigenvalue weighted by molar-refractivity contribution is -0.148. The number of esters is 1. The van der Waals surface area contributed by atoms with E-state index in [1.54, 1.807) is 0 Å². The van der Waals surface area contributed by atoms with Gasteiger partial charge < -0.3 is 9.64 Å². The molecule has 2 fully saturated rings. The largest absolute Gasteiger partial charge is 0.457 e. The quantitative estimate of drug-likeness (QED) is 0.554. The topological polar surface area (TPSA) is 46.6 Å². The van der Waals surface area contributed by atoms with E-state index in [0.29, 0.717) is 0 Å². The van der Waals surface area contributed by atoms with E-state index >= 15 is 0 Å². The maximum absolute atomic E-state index is 12.2. The first-order chi connectivity index (χ1) is 8.67. The Morgan fingerprint density at radius 2 is 2.33 bits per heavy atom. The molecule has 3 atom stereocenters. The van der Waals surface area contributed by atoms with Gasteiger partial charge in [0.1, 0.15) is 6.10 Å². The van der Waals surface area contributed by atoms with Crippen LogP contribution in [-0.4, -0.2) is 35.5 Å². The summed E-state index contributed by atoms with van der Waals surface area (Å²) < 4.78 is 5.38. The van der Waals surface area contributed by atoms with Crippen LogP contribution in [0.15, 0.2) is 12.7 Å². The molecule has 2 rings (SSSR count). The van der Waals surface area contributed by atoms with Crippen molar-refractivity contribution >= 4 is 11.9 Å². The average Bonchev–Trinajstić information content (AvgIpc) is 2.63. The van der Waals surface area contributed by atoms with Gasteiger partial charge in [-0.25, -0.2) is 4.79 Å². The molecule has 1 heterocycles. The maximum atomic E-state index is 12.2. The number of fused-ring (bicyclic) bond motifs is 2. The fourth-order valence-corrected chi connectivity index (χ4v) is 3.01. The van der Waals surface area contributed by atoms with Gasteiger partial charge >= 0.3 is 5.97 Å². The second-order valence-corrected chi connectivity index (χ2v) is 5.14. The van der Waals surface area contributed by atoms with Crippen LogP contribution in [-0.2, 0) is 14.3 Å². The fraction of sp³-hybridized carbons (Fsp3) is 0.714. The third-order valence-electron chi connectivity index (χ3n) is 3.97. The fourth-order valence-electron chi connectivity index (χ4n) is 3.01. The zero-order valence-corrected chi connectivity index (χ0v) is 10.9. The van der Waals surface area contributed by atoms with Gasteiger partial charge in [-0.1, -0.05) is 19.9 Å². The highest BCUT2D eigenvalue weighted by Gasteiger charge is 2.47. The lowest BCUT2D eigenvalue weighted by Crippen LogP contribution is -2.43. The smallest absolute Gasteiger partial charge is 0.330 e. The molecule has 0 spiro atoms. The molecule has 0 radical (unpaired) electrons. The predicted octanol–water partition coefficient (Wildman–Crippen LogP) is 1.90. The molecule has 18 heavy (non-hydrogen) atoms. The summed E-state index contributed by atoms with van der Waals surface area (Å²) in [5.41, 5.74) is 0. The molecule has 100 valence electrons. The first-order valence-electron chi connectivity index (χ1n) is 6.81. The summed E-state index contributed by atoms with van der Waals surface area (Å²) in [5.74, 6) is 0.0318. The first-order valence-corrected chi connectivity index (χ1v) is 6.81. The van der Waals surface area contributed by atoms with Crippen molar-refractivity contribution in [3.8, 4) is 0 Å². The van der Waals surface area contributed by atoms with Crippen LogP contribution in [0.1, 0.15) is 39.0 Å². The predicted molar refractivity (Wildman–Crippen MR) is 67.8 cm³/mol. The average molecular weight is 251 g/mol. The van der Waals surface area contributed by atoms with E-state index in [-0.39, 0.29) is 29.9 Å². The molecule has 4 nitrogen and oxygen atoms in total. The molecule has 0 aromatic rings. The van der Waals surface area contributed by atoms with E-state index in [1.165, 1.54) is 6.08 Å². The van der Waals surface area contributed by atoms with Gasteiger partial charge in [-0.05, 0) is 25.7 Å². The van der Waals surface area contributed by atoms with E-state index in [1.807, 2.05) is 4.90 Å². The molecule has 1 amide bonds. The van der Waals surface area contributed by atoms with Crippen molar-refractivity contribution in [2.24, 2.45) is 5.92 Å². The molecular weight excluding hydrogens is 230 g/mol. The molecule has 1 aliphatic heterocycles. The van der Waals surface area contributed by atoms with Crippen molar-refractivity contribution in [3.63, 3.8) is 0 Å². The molecular formula is C14H21NO3. The van der Waals surface area contributed by atoms with Gasteiger partial charge in [-0.3, -0.25) is 4.79 Å². The number of hydrogen-bond acceptors (Lipinski definition) is 3. The first kappa shape index (κ1) is 13.1. The van der Waals surface area contributed by atoms with Crippen LogP contribution in [0.5, 0.6) is 0 Å². The zero-order chi connectivity index (χ0) is 13.1. The van der Waals surface area contributed by atoms with E-state index in [4.69, 9.17) is 4.74 Å². The molecule has 0 N–H and O–H groups in total.